The number of aliphatic imine (C=N–C) groups is 1. The Bertz CT molecular complexity index is 140. The Morgan fingerprint density at radius 2 is 2.33 bits per heavy atom. The quantitative estimate of drug-likeness (QED) is 0.634. The van der Waals surface area contributed by atoms with Crippen LogP contribution in [-0.4, -0.2) is 6.21 Å². The molecule has 1 aliphatic heterocycles. The predicted molar refractivity (Wildman–Crippen MR) is 34.3 cm³/mol. The van der Waals surface area contributed by atoms with E-state index in [1.54, 1.807) is 0 Å². The normalized spacial score (nSPS) is 15.8. The molecule has 0 unspecified atom stereocenters. The Balaban J connectivity index is 0.000000640. The van der Waals surface area contributed by atoms with Gasteiger partial charge in [0.2, 0.25) is 0 Å². The number of nitrogens with one attached hydrogen (secondary N) is 1. The van der Waals surface area contributed by atoms with E-state index in [4.69, 9.17) is 0 Å². The van der Waals surface area contributed by atoms with Gasteiger partial charge in [-0.05, 0) is 13.1 Å². The summed E-state index contributed by atoms with van der Waals surface area (Å²) in [5.74, 6) is 0. The molecule has 1 radical (unpaired) electrons. The average molecular weight is 371 g/mol. The van der Waals surface area contributed by atoms with E-state index in [2.05, 4.69) is 10.3 Å². The van der Waals surface area contributed by atoms with Crippen molar-refractivity contribution in [3.05, 3.63) is 17.9 Å². The van der Waals surface area contributed by atoms with Crippen molar-refractivity contribution in [2.45, 2.75) is 13.8 Å². The SMILES string of the molecule is CC1=CN[C-](C)C=N1.[Lr]. The molecule has 0 fully saturated rings. The molecule has 1 N–H and O–H groups in total. The second kappa shape index (κ2) is 2.40. The van der Waals surface area contributed by atoms with E-state index in [1.807, 2.05) is 26.3 Å². The van der Waals surface area contributed by atoms with Crippen LogP contribution in [0.1, 0.15) is 13.8 Å². The molecular formula is C6H9LrN2-. The fourth-order valence-corrected chi connectivity index (χ4v) is 0.491. The monoisotopic (exact) mass is 371 g/mol. The van der Waals surface area contributed by atoms with Crippen molar-refractivity contribution in [3.8, 4) is 0 Å². The number of hydrogen-bond donors (Lipinski definition) is 1. The molecule has 0 aromatic rings. The van der Waals surface area contributed by atoms with E-state index in [0.717, 1.165) is 11.7 Å². The minimum Gasteiger partial charge on any atom is -0.517 e. The van der Waals surface area contributed by atoms with Gasteiger partial charge in [-0.2, -0.15) is 6.92 Å². The molecule has 0 amide bonds. The molecule has 0 aromatic carbocycles. The second-order valence-electron chi connectivity index (χ2n) is 1.87. The van der Waals surface area contributed by atoms with Crippen molar-refractivity contribution in [2.24, 2.45) is 4.99 Å². The summed E-state index contributed by atoms with van der Waals surface area (Å²) < 4.78 is 0. The Morgan fingerprint density at radius 1 is 1.67 bits per heavy atom. The summed E-state index contributed by atoms with van der Waals surface area (Å²) in [4.78, 5) is 4.05. The van der Waals surface area contributed by atoms with Crippen molar-refractivity contribution in [2.75, 3.05) is 0 Å². The Morgan fingerprint density at radius 3 is 2.67 bits per heavy atom. The fraction of sp³-hybridized carbons (Fsp3) is 0.333. The Hall–Kier alpha value is -1.92. The van der Waals surface area contributed by atoms with E-state index in [-0.39, 0.29) is 0 Å². The Labute approximate surface area is 49.3 Å². The van der Waals surface area contributed by atoms with Gasteiger partial charge >= 0.3 is 0 Å². The number of rotatable bonds is 0. The predicted octanol–water partition coefficient (Wildman–Crippen LogP) is 1.07. The zero-order valence-electron chi connectivity index (χ0n) is 5.36. The van der Waals surface area contributed by atoms with Crippen molar-refractivity contribution >= 4 is 6.21 Å². The smallest absolute Gasteiger partial charge is 0.0473 e. The first kappa shape index (κ1) is 7.08. The minimum atomic E-state index is 0. The molecular weight excluding hydrogens is 362 g/mol. The van der Waals surface area contributed by atoms with E-state index < -0.39 is 0 Å². The molecule has 3 heteroatoms. The average Bonchev–Trinajstić information content (AvgIpc) is 1.77. The third kappa shape index (κ3) is 1.55. The van der Waals surface area contributed by atoms with Crippen molar-refractivity contribution in [1.29, 1.82) is 0 Å². The molecule has 0 saturated carbocycles. The van der Waals surface area contributed by atoms with Gasteiger partial charge in [0.15, 0.2) is 0 Å². The second-order valence-corrected chi connectivity index (χ2v) is 1.87. The number of allylic oxidation sites excluding steroid dienone is 1. The fourth-order valence-electron chi connectivity index (χ4n) is 0.491. The van der Waals surface area contributed by atoms with Crippen molar-refractivity contribution in [1.82, 2.24) is 5.32 Å². The maximum atomic E-state index is 4.05. The molecule has 9 heavy (non-hydrogen) atoms. The van der Waals surface area contributed by atoms with Gasteiger partial charge in [-0.25, -0.2) is 0 Å². The number of hydrogen-bond acceptors (Lipinski definition) is 2. The first-order valence-corrected chi connectivity index (χ1v) is 2.60. The molecule has 0 aliphatic carbocycles. The van der Waals surface area contributed by atoms with Gasteiger partial charge in [0.1, 0.15) is 0 Å². The van der Waals surface area contributed by atoms with Gasteiger partial charge in [-0.15, -0.1) is 6.21 Å². The summed E-state index contributed by atoms with van der Waals surface area (Å²) >= 11 is 0. The van der Waals surface area contributed by atoms with E-state index >= 15 is 0 Å². The molecule has 59 valence electrons. The first-order chi connectivity index (χ1) is 3.79. The molecule has 0 atom stereocenters. The van der Waals surface area contributed by atoms with Crippen LogP contribution in [-0.2, 0) is 0 Å². The van der Waals surface area contributed by atoms with Crippen LogP contribution in [0.25, 0.3) is 0 Å². The molecule has 1 aliphatic rings. The van der Waals surface area contributed by atoms with Gasteiger partial charge in [-0.1, -0.05) is 0 Å². The summed E-state index contributed by atoms with van der Waals surface area (Å²) in [6.45, 7) is 3.93. The van der Waals surface area contributed by atoms with Crippen LogP contribution in [0.3, 0.4) is 0 Å². The standard InChI is InChI=1S/C6H9N2.Lr/c1-5-3-8-6(2)4-7-5;/h3-4,7H,1-2H3;/q-1;. The van der Waals surface area contributed by atoms with Crippen LogP contribution >= 0.6 is 0 Å². The van der Waals surface area contributed by atoms with Crippen LogP contribution in [0.2, 0.25) is 0 Å². The third-order valence-electron chi connectivity index (χ3n) is 0.971. The van der Waals surface area contributed by atoms with Gasteiger partial charge < -0.3 is 5.32 Å². The summed E-state index contributed by atoms with van der Waals surface area (Å²) in [6.07, 6.45) is 3.70. The minimum absolute atomic E-state index is 0. The van der Waals surface area contributed by atoms with E-state index in [9.17, 15) is 0 Å². The zero-order valence-corrected chi connectivity index (χ0v) is 7.51. The van der Waals surface area contributed by atoms with Gasteiger partial charge in [0, 0.05) is 5.70 Å². The van der Waals surface area contributed by atoms with Crippen LogP contribution in [0.15, 0.2) is 16.9 Å². The van der Waals surface area contributed by atoms with Crippen LogP contribution in [0, 0.1) is 6.04 Å². The zero-order chi connectivity index (χ0) is 5.98. The van der Waals surface area contributed by atoms with Gasteiger partial charge in [0.25, 0.3) is 0 Å². The topological polar surface area (TPSA) is 24.4 Å². The van der Waals surface area contributed by atoms with E-state index in [1.165, 1.54) is 0 Å². The van der Waals surface area contributed by atoms with Gasteiger partial charge in [0.05, 0.1) is 0 Å². The maximum Gasteiger partial charge on any atom is 0.0473 e. The molecule has 1 heterocycles. The van der Waals surface area contributed by atoms with Crippen LogP contribution in [0.5, 0.6) is 0 Å². The third-order valence-corrected chi connectivity index (χ3v) is 0.971. The van der Waals surface area contributed by atoms with E-state index in [0.29, 0.717) is 0 Å². The molecule has 0 saturated heterocycles. The summed E-state index contributed by atoms with van der Waals surface area (Å²) in [6, 6.07) is 1.09. The molecule has 0 aromatic heterocycles. The molecule has 2 nitrogen and oxygen atoms in total. The van der Waals surface area contributed by atoms with Gasteiger partial charge in [-0.3, -0.25) is 11.0 Å². The van der Waals surface area contributed by atoms with Crippen molar-refractivity contribution < 1.29 is 0 Å². The van der Waals surface area contributed by atoms with Crippen molar-refractivity contribution in [3.63, 3.8) is 0 Å². The summed E-state index contributed by atoms with van der Waals surface area (Å²) in [5, 5.41) is 3.04. The largest absolute Gasteiger partial charge is 0.517 e. The summed E-state index contributed by atoms with van der Waals surface area (Å²) in [5.41, 5.74) is 1.02. The molecule has 0 bridgehead atoms. The number of nitrogens with zero attached hydrogens (tertiary/aromatic N) is 1. The summed E-state index contributed by atoms with van der Waals surface area (Å²) in [7, 11) is 0. The van der Waals surface area contributed by atoms with Crippen LogP contribution in [0.4, 0.5) is 0 Å². The molecule has 0 spiro atoms. The maximum absolute atomic E-state index is 4.05. The first-order valence-electron chi connectivity index (χ1n) is 2.60. The van der Waals surface area contributed by atoms with Crippen LogP contribution < -0.4 is 5.32 Å². The Kier molecular flexibility index (Phi) is 1.89. The molecule has 1 rings (SSSR count).